The van der Waals surface area contributed by atoms with Crippen molar-refractivity contribution in [2.24, 2.45) is 0 Å². The van der Waals surface area contributed by atoms with Gasteiger partial charge in [-0.2, -0.15) is 0 Å². The summed E-state index contributed by atoms with van der Waals surface area (Å²) < 4.78 is 15.2. The first-order valence-electron chi connectivity index (χ1n) is 6.29. The highest BCUT2D eigenvalue weighted by Crippen LogP contribution is 2.36. The van der Waals surface area contributed by atoms with E-state index in [1.165, 1.54) is 18.2 Å². The highest BCUT2D eigenvalue weighted by molar-refractivity contribution is 5.82. The van der Waals surface area contributed by atoms with E-state index in [4.69, 9.17) is 0 Å². The van der Waals surface area contributed by atoms with Crippen molar-refractivity contribution in [1.82, 2.24) is 9.55 Å². The van der Waals surface area contributed by atoms with Crippen LogP contribution in [-0.4, -0.2) is 19.8 Å². The van der Waals surface area contributed by atoms with Crippen LogP contribution in [0.5, 0.6) is 11.5 Å². The number of aromatic hydroxyl groups is 2. The minimum Gasteiger partial charge on any atom is -0.504 e. The molecular formula is C15H13FN2O2. The van der Waals surface area contributed by atoms with Crippen molar-refractivity contribution < 1.29 is 14.6 Å². The molecule has 0 bridgehead atoms. The molecule has 0 atom stereocenters. The van der Waals surface area contributed by atoms with Gasteiger partial charge in [-0.1, -0.05) is 6.07 Å². The number of phenolic OH excluding ortho intramolecular Hbond substituents is 2. The molecule has 0 spiro atoms. The average molecular weight is 272 g/mol. The van der Waals surface area contributed by atoms with Crippen LogP contribution in [-0.2, 0) is 6.54 Å². The summed E-state index contributed by atoms with van der Waals surface area (Å²) in [7, 11) is 0. The zero-order valence-electron chi connectivity index (χ0n) is 10.8. The number of fused-ring (bicyclic) bond motifs is 1. The molecule has 0 saturated carbocycles. The van der Waals surface area contributed by atoms with E-state index in [-0.39, 0.29) is 17.3 Å². The molecule has 0 aliphatic carbocycles. The Labute approximate surface area is 114 Å². The van der Waals surface area contributed by atoms with Gasteiger partial charge in [0.15, 0.2) is 11.5 Å². The topological polar surface area (TPSA) is 58.3 Å². The third kappa shape index (κ3) is 1.79. The zero-order chi connectivity index (χ0) is 14.3. The van der Waals surface area contributed by atoms with Gasteiger partial charge in [-0.15, -0.1) is 0 Å². The first-order chi connectivity index (χ1) is 9.61. The van der Waals surface area contributed by atoms with Crippen LogP contribution in [0.25, 0.3) is 22.4 Å². The van der Waals surface area contributed by atoms with E-state index in [0.29, 0.717) is 23.4 Å². The second kappa shape index (κ2) is 4.52. The summed E-state index contributed by atoms with van der Waals surface area (Å²) in [6, 6.07) is 9.08. The maximum absolute atomic E-state index is 13.3. The van der Waals surface area contributed by atoms with Gasteiger partial charge in [0.05, 0.1) is 16.6 Å². The number of aromatic nitrogens is 2. The lowest BCUT2D eigenvalue weighted by Crippen LogP contribution is -1.97. The van der Waals surface area contributed by atoms with Gasteiger partial charge in [-0.25, -0.2) is 9.37 Å². The van der Waals surface area contributed by atoms with Gasteiger partial charge in [-0.05, 0) is 31.2 Å². The quantitative estimate of drug-likeness (QED) is 0.704. The van der Waals surface area contributed by atoms with Crippen molar-refractivity contribution >= 4 is 11.0 Å². The number of halogens is 1. The minimum atomic E-state index is -0.357. The predicted molar refractivity (Wildman–Crippen MR) is 74.1 cm³/mol. The number of phenols is 2. The second-order valence-electron chi connectivity index (χ2n) is 4.49. The molecule has 0 amide bonds. The summed E-state index contributed by atoms with van der Waals surface area (Å²) in [5, 5.41) is 19.6. The summed E-state index contributed by atoms with van der Waals surface area (Å²) in [6.45, 7) is 2.56. The fourth-order valence-corrected chi connectivity index (χ4v) is 2.34. The lowest BCUT2D eigenvalue weighted by Gasteiger charge is -2.08. The molecule has 4 nitrogen and oxygen atoms in total. The molecule has 3 rings (SSSR count). The number of benzene rings is 2. The first-order valence-corrected chi connectivity index (χ1v) is 6.29. The average Bonchev–Trinajstić information content (AvgIpc) is 2.79. The van der Waals surface area contributed by atoms with Crippen LogP contribution in [0.2, 0.25) is 0 Å². The van der Waals surface area contributed by atoms with Gasteiger partial charge < -0.3 is 14.8 Å². The van der Waals surface area contributed by atoms with Gasteiger partial charge in [0, 0.05) is 12.6 Å². The molecule has 0 radical (unpaired) electrons. The number of rotatable bonds is 2. The van der Waals surface area contributed by atoms with E-state index in [1.807, 2.05) is 11.5 Å². The molecule has 0 unspecified atom stereocenters. The molecule has 20 heavy (non-hydrogen) atoms. The van der Waals surface area contributed by atoms with Gasteiger partial charge in [0.1, 0.15) is 11.6 Å². The van der Waals surface area contributed by atoms with Gasteiger partial charge in [0.2, 0.25) is 0 Å². The molecule has 0 aliphatic heterocycles. The normalized spacial score (nSPS) is 11.1. The largest absolute Gasteiger partial charge is 0.504 e. The van der Waals surface area contributed by atoms with Crippen molar-refractivity contribution in [3.05, 3.63) is 42.2 Å². The Kier molecular flexibility index (Phi) is 2.82. The summed E-state index contributed by atoms with van der Waals surface area (Å²) in [6.07, 6.45) is 0. The number of aryl methyl sites for hydroxylation is 1. The van der Waals surface area contributed by atoms with Crippen LogP contribution < -0.4 is 0 Å². The lowest BCUT2D eigenvalue weighted by atomic mass is 10.1. The second-order valence-corrected chi connectivity index (χ2v) is 4.49. The molecule has 0 saturated heterocycles. The van der Waals surface area contributed by atoms with Crippen molar-refractivity contribution in [2.75, 3.05) is 0 Å². The summed E-state index contributed by atoms with van der Waals surface area (Å²) in [4.78, 5) is 4.37. The van der Waals surface area contributed by atoms with Crippen LogP contribution in [0, 0.1) is 5.82 Å². The number of imidazole rings is 1. The maximum Gasteiger partial charge on any atom is 0.168 e. The summed E-state index contributed by atoms with van der Waals surface area (Å²) in [5.74, 6) is -0.284. The number of nitrogens with zero attached hydrogens (tertiary/aromatic N) is 2. The van der Waals surface area contributed by atoms with E-state index in [1.54, 1.807) is 18.2 Å². The van der Waals surface area contributed by atoms with Crippen molar-refractivity contribution in [3.8, 4) is 22.9 Å². The molecule has 2 N–H and O–H groups in total. The van der Waals surface area contributed by atoms with Gasteiger partial charge >= 0.3 is 0 Å². The van der Waals surface area contributed by atoms with Crippen molar-refractivity contribution in [1.29, 1.82) is 0 Å². The molecule has 102 valence electrons. The minimum absolute atomic E-state index is 0.205. The molecule has 1 heterocycles. The van der Waals surface area contributed by atoms with Crippen LogP contribution in [0.3, 0.4) is 0 Å². The SMILES string of the molecule is CCn1c(-c2cccc(O)c2O)nc2cc(F)ccc21. The highest BCUT2D eigenvalue weighted by atomic mass is 19.1. The van der Waals surface area contributed by atoms with Crippen molar-refractivity contribution in [3.63, 3.8) is 0 Å². The Morgan fingerprint density at radius 2 is 2.00 bits per heavy atom. The third-order valence-electron chi connectivity index (χ3n) is 3.28. The molecule has 1 aromatic heterocycles. The molecule has 0 aliphatic rings. The molecule has 5 heteroatoms. The fourth-order valence-electron chi connectivity index (χ4n) is 2.34. The predicted octanol–water partition coefficient (Wildman–Crippen LogP) is 3.27. The molecule has 0 fully saturated rings. The number of hydrogen-bond donors (Lipinski definition) is 2. The maximum atomic E-state index is 13.3. The van der Waals surface area contributed by atoms with Gasteiger partial charge in [0.25, 0.3) is 0 Å². The standard InChI is InChI=1S/C15H13FN2O2/c1-2-18-12-7-6-9(16)8-11(12)17-15(18)10-4-3-5-13(19)14(10)20/h3-8,19-20H,2H2,1H3. The van der Waals surface area contributed by atoms with Crippen molar-refractivity contribution in [2.45, 2.75) is 13.5 Å². The summed E-state index contributed by atoms with van der Waals surface area (Å²) >= 11 is 0. The number of para-hydroxylation sites is 1. The van der Waals surface area contributed by atoms with Crippen LogP contribution in [0.1, 0.15) is 6.92 Å². The van der Waals surface area contributed by atoms with E-state index >= 15 is 0 Å². The summed E-state index contributed by atoms with van der Waals surface area (Å²) in [5.41, 5.74) is 1.72. The van der Waals surface area contributed by atoms with E-state index in [0.717, 1.165) is 5.52 Å². The Hall–Kier alpha value is -2.56. The number of hydrogen-bond acceptors (Lipinski definition) is 3. The van der Waals surface area contributed by atoms with Gasteiger partial charge in [-0.3, -0.25) is 0 Å². The Bertz CT molecular complexity index is 796. The monoisotopic (exact) mass is 272 g/mol. The first kappa shape index (κ1) is 12.5. The molecule has 3 aromatic rings. The van der Waals surface area contributed by atoms with E-state index < -0.39 is 0 Å². The van der Waals surface area contributed by atoms with Crippen LogP contribution in [0.15, 0.2) is 36.4 Å². The zero-order valence-corrected chi connectivity index (χ0v) is 10.8. The Morgan fingerprint density at radius 1 is 1.20 bits per heavy atom. The Balaban J connectivity index is 2.33. The smallest absolute Gasteiger partial charge is 0.168 e. The fraction of sp³-hybridized carbons (Fsp3) is 0.133. The molecular weight excluding hydrogens is 259 g/mol. The molecule has 2 aromatic carbocycles. The van der Waals surface area contributed by atoms with Crippen LogP contribution >= 0.6 is 0 Å². The highest BCUT2D eigenvalue weighted by Gasteiger charge is 2.16. The third-order valence-corrected chi connectivity index (χ3v) is 3.28. The Morgan fingerprint density at radius 3 is 2.75 bits per heavy atom. The van der Waals surface area contributed by atoms with Crippen LogP contribution in [0.4, 0.5) is 4.39 Å². The van der Waals surface area contributed by atoms with E-state index in [9.17, 15) is 14.6 Å². The lowest BCUT2D eigenvalue weighted by molar-refractivity contribution is 0.405. The van der Waals surface area contributed by atoms with E-state index in [2.05, 4.69) is 4.98 Å².